The molecule has 2 nitrogen and oxygen atoms in total. The van der Waals surface area contributed by atoms with Crippen molar-refractivity contribution in [1.29, 1.82) is 5.26 Å². The molecule has 0 heterocycles. The number of halogens is 2. The molecule has 0 spiro atoms. The summed E-state index contributed by atoms with van der Waals surface area (Å²) >= 11 is 11.2. The number of nitrogens with zero attached hydrogens (tertiary/aromatic N) is 1. The van der Waals surface area contributed by atoms with E-state index < -0.39 is 0 Å². The lowest BCUT2D eigenvalue weighted by molar-refractivity contribution is 1.35. The normalized spacial score (nSPS) is 10.2. The van der Waals surface area contributed by atoms with Gasteiger partial charge in [0, 0.05) is 14.4 Å². The minimum Gasteiger partial charge on any atom is -0.353 e. The van der Waals surface area contributed by atoms with E-state index in [2.05, 4.69) is 27.3 Å². The molecule has 0 aliphatic rings. The zero-order valence-corrected chi connectivity index (χ0v) is 14.2. The molecule has 2 rings (SSSR count). The molecule has 0 amide bonds. The Bertz CT molecular complexity index is 695. The Morgan fingerprint density at radius 2 is 2.05 bits per heavy atom. The van der Waals surface area contributed by atoms with Crippen LogP contribution >= 0.6 is 39.3 Å². The molecule has 0 atom stereocenters. The minimum absolute atomic E-state index is 0.642. The predicted octanol–water partition coefficient (Wildman–Crippen LogP) is 5.75. The molecule has 0 aliphatic heterocycles. The first kappa shape index (κ1) is 15.2. The van der Waals surface area contributed by atoms with Crippen LogP contribution in [0, 0.1) is 18.3 Å². The molecule has 2 aromatic rings. The number of anilines is 2. The van der Waals surface area contributed by atoms with Gasteiger partial charge in [-0.05, 0) is 58.9 Å². The quantitative estimate of drug-likeness (QED) is 0.702. The first-order valence-corrected chi connectivity index (χ1v) is 8.26. The second-order valence-corrected chi connectivity index (χ2v) is 6.31. The molecule has 0 fully saturated rings. The lowest BCUT2D eigenvalue weighted by Crippen LogP contribution is -1.96. The molecule has 1 N–H and O–H groups in total. The van der Waals surface area contributed by atoms with Crippen molar-refractivity contribution in [3.63, 3.8) is 0 Å². The topological polar surface area (TPSA) is 35.8 Å². The first-order chi connectivity index (χ1) is 9.56. The van der Waals surface area contributed by atoms with Gasteiger partial charge in [-0.3, -0.25) is 0 Å². The summed E-state index contributed by atoms with van der Waals surface area (Å²) < 4.78 is 0.915. The molecule has 0 bridgehead atoms. The predicted molar refractivity (Wildman–Crippen MR) is 90.1 cm³/mol. The van der Waals surface area contributed by atoms with Crippen LogP contribution in [-0.4, -0.2) is 6.26 Å². The Hall–Kier alpha value is -1.15. The molecule has 0 aliphatic carbocycles. The Morgan fingerprint density at radius 1 is 1.30 bits per heavy atom. The van der Waals surface area contributed by atoms with E-state index in [1.54, 1.807) is 11.8 Å². The van der Waals surface area contributed by atoms with Crippen molar-refractivity contribution in [3.05, 3.63) is 51.0 Å². The third kappa shape index (κ3) is 3.12. The molecule has 0 saturated carbocycles. The van der Waals surface area contributed by atoms with Gasteiger partial charge in [0.25, 0.3) is 0 Å². The van der Waals surface area contributed by atoms with Crippen LogP contribution < -0.4 is 5.32 Å². The third-order valence-corrected chi connectivity index (χ3v) is 4.72. The highest BCUT2D eigenvalue weighted by atomic mass is 79.9. The third-order valence-electron chi connectivity index (χ3n) is 2.88. The lowest BCUT2D eigenvalue weighted by Gasteiger charge is -2.13. The van der Waals surface area contributed by atoms with E-state index in [-0.39, 0.29) is 0 Å². The first-order valence-electron chi connectivity index (χ1n) is 5.86. The molecule has 2 aromatic carbocycles. The average Bonchev–Trinajstić information content (AvgIpc) is 2.44. The summed E-state index contributed by atoms with van der Waals surface area (Å²) in [6, 6.07) is 11.8. The molecule has 0 aromatic heterocycles. The number of benzene rings is 2. The molecule has 0 unspecified atom stereocenters. The van der Waals surface area contributed by atoms with Gasteiger partial charge in [0.05, 0.1) is 16.9 Å². The van der Waals surface area contributed by atoms with Gasteiger partial charge < -0.3 is 5.32 Å². The van der Waals surface area contributed by atoms with E-state index in [0.29, 0.717) is 10.6 Å². The van der Waals surface area contributed by atoms with E-state index in [0.717, 1.165) is 26.3 Å². The molecular formula is C15H12BrClN2S. The van der Waals surface area contributed by atoms with Crippen LogP contribution in [0.25, 0.3) is 0 Å². The fourth-order valence-corrected chi connectivity index (χ4v) is 3.10. The van der Waals surface area contributed by atoms with Gasteiger partial charge in [-0.2, -0.15) is 5.26 Å². The van der Waals surface area contributed by atoms with E-state index in [4.69, 9.17) is 11.6 Å². The molecule has 5 heteroatoms. The van der Waals surface area contributed by atoms with Gasteiger partial charge in [-0.15, -0.1) is 11.8 Å². The van der Waals surface area contributed by atoms with E-state index >= 15 is 0 Å². The zero-order valence-electron chi connectivity index (χ0n) is 11.0. The molecule has 0 saturated heterocycles. The number of hydrogen-bond acceptors (Lipinski definition) is 3. The summed E-state index contributed by atoms with van der Waals surface area (Å²) in [5.74, 6) is 0. The zero-order chi connectivity index (χ0) is 14.7. The summed E-state index contributed by atoms with van der Waals surface area (Å²) in [6.07, 6.45) is 1.96. The van der Waals surface area contributed by atoms with Crippen LogP contribution in [0.15, 0.2) is 39.7 Å². The van der Waals surface area contributed by atoms with Crippen LogP contribution in [0.4, 0.5) is 11.4 Å². The minimum atomic E-state index is 0.642. The SMILES string of the molecule is CSc1cccc(Nc2cc(Cl)c(C)cc2Br)c1C#N. The van der Waals surface area contributed by atoms with Crippen molar-refractivity contribution in [2.24, 2.45) is 0 Å². The highest BCUT2D eigenvalue weighted by Crippen LogP contribution is 2.34. The van der Waals surface area contributed by atoms with E-state index in [1.165, 1.54) is 0 Å². The second kappa shape index (κ2) is 6.53. The van der Waals surface area contributed by atoms with Gasteiger partial charge in [-0.1, -0.05) is 17.7 Å². The van der Waals surface area contributed by atoms with Crippen molar-refractivity contribution in [2.45, 2.75) is 11.8 Å². The average molecular weight is 368 g/mol. The summed E-state index contributed by atoms with van der Waals surface area (Å²) in [7, 11) is 0. The fraction of sp³-hybridized carbons (Fsp3) is 0.133. The van der Waals surface area contributed by atoms with Crippen molar-refractivity contribution in [1.82, 2.24) is 0 Å². The molecule has 20 heavy (non-hydrogen) atoms. The highest BCUT2D eigenvalue weighted by molar-refractivity contribution is 9.10. The number of rotatable bonds is 3. The summed E-state index contributed by atoms with van der Waals surface area (Å²) in [5, 5.41) is 13.3. The van der Waals surface area contributed by atoms with Crippen LogP contribution in [0.3, 0.4) is 0 Å². The number of hydrogen-bond donors (Lipinski definition) is 1. The van der Waals surface area contributed by atoms with Crippen LogP contribution in [0.5, 0.6) is 0 Å². The van der Waals surface area contributed by atoms with Gasteiger partial charge in [-0.25, -0.2) is 0 Å². The van der Waals surface area contributed by atoms with E-state index in [1.807, 2.05) is 43.5 Å². The highest BCUT2D eigenvalue weighted by Gasteiger charge is 2.10. The maximum Gasteiger partial charge on any atom is 0.103 e. The van der Waals surface area contributed by atoms with Gasteiger partial charge in [0.2, 0.25) is 0 Å². The molecular weight excluding hydrogens is 356 g/mol. The Balaban J connectivity index is 2.46. The largest absolute Gasteiger partial charge is 0.353 e. The lowest BCUT2D eigenvalue weighted by atomic mass is 10.1. The summed E-state index contributed by atoms with van der Waals surface area (Å²) in [6.45, 7) is 1.95. The Kier molecular flexibility index (Phi) is 4.98. The van der Waals surface area contributed by atoms with Crippen LogP contribution in [0.2, 0.25) is 5.02 Å². The fourth-order valence-electron chi connectivity index (χ4n) is 1.81. The second-order valence-electron chi connectivity index (χ2n) is 4.20. The van der Waals surface area contributed by atoms with Crippen molar-refractivity contribution >= 4 is 50.7 Å². The number of thioether (sulfide) groups is 1. The van der Waals surface area contributed by atoms with Gasteiger partial charge in [0.1, 0.15) is 6.07 Å². The van der Waals surface area contributed by atoms with Crippen LogP contribution in [-0.2, 0) is 0 Å². The van der Waals surface area contributed by atoms with E-state index in [9.17, 15) is 5.26 Å². The Labute approximate surface area is 136 Å². The maximum atomic E-state index is 9.34. The number of nitriles is 1. The maximum absolute atomic E-state index is 9.34. The molecule has 0 radical (unpaired) electrons. The van der Waals surface area contributed by atoms with Crippen LogP contribution in [0.1, 0.15) is 11.1 Å². The standard InChI is InChI=1S/C15H12BrClN2S/c1-9-6-11(16)14(7-12(9)17)19-13-4-3-5-15(20-2)10(13)8-18/h3-7,19H,1-2H3. The monoisotopic (exact) mass is 366 g/mol. The molecule has 102 valence electrons. The number of aryl methyl sites for hydroxylation is 1. The smallest absolute Gasteiger partial charge is 0.103 e. The van der Waals surface area contributed by atoms with Gasteiger partial charge >= 0.3 is 0 Å². The summed E-state index contributed by atoms with van der Waals surface area (Å²) in [4.78, 5) is 0.951. The number of nitrogens with one attached hydrogen (secondary N) is 1. The van der Waals surface area contributed by atoms with Crippen molar-refractivity contribution < 1.29 is 0 Å². The summed E-state index contributed by atoms with van der Waals surface area (Å²) in [5.41, 5.74) is 3.27. The van der Waals surface area contributed by atoms with Crippen molar-refractivity contribution in [2.75, 3.05) is 11.6 Å². The Morgan fingerprint density at radius 3 is 2.70 bits per heavy atom. The van der Waals surface area contributed by atoms with Crippen molar-refractivity contribution in [3.8, 4) is 6.07 Å². The van der Waals surface area contributed by atoms with Gasteiger partial charge in [0.15, 0.2) is 0 Å².